The van der Waals surface area contributed by atoms with Gasteiger partial charge in [0.05, 0.1) is 18.1 Å². The maximum atomic E-state index is 13.7. The van der Waals surface area contributed by atoms with E-state index in [1.807, 2.05) is 30.3 Å². The van der Waals surface area contributed by atoms with Crippen LogP contribution in [-0.2, 0) is 26.0 Å². The Bertz CT molecular complexity index is 1060. The molecule has 5 rings (SSSR count). The Morgan fingerprint density at radius 2 is 1.69 bits per heavy atom. The molecule has 0 amide bonds. The van der Waals surface area contributed by atoms with E-state index in [1.54, 1.807) is 30.3 Å². The fourth-order valence-corrected chi connectivity index (χ4v) is 8.34. The van der Waals surface area contributed by atoms with Crippen molar-refractivity contribution in [3.63, 3.8) is 0 Å². The lowest BCUT2D eigenvalue weighted by atomic mass is 9.71. The molecule has 2 fully saturated rings. The number of ether oxygens (including phenoxy) is 1. The van der Waals surface area contributed by atoms with Gasteiger partial charge in [0.25, 0.3) is 0 Å². The molecule has 0 heterocycles. The van der Waals surface area contributed by atoms with Crippen molar-refractivity contribution in [3.05, 3.63) is 78.4 Å². The van der Waals surface area contributed by atoms with Crippen LogP contribution in [0.2, 0.25) is 0 Å². The van der Waals surface area contributed by atoms with Gasteiger partial charge in [-0.3, -0.25) is 4.79 Å². The number of allylic oxidation sites excluding steroid dienone is 1. The highest BCUT2D eigenvalue weighted by atomic mass is 32.2. The SMILES string of the molecule is O=C1CC[C@]2(COCc3ccccc3)C=CC[C@H]3[C@@H]2[C@@]13S(=O)(=O)c1ccccc1. The summed E-state index contributed by atoms with van der Waals surface area (Å²) in [6.45, 7) is 0.930. The first kappa shape index (κ1) is 18.8. The highest BCUT2D eigenvalue weighted by Gasteiger charge is 2.82. The predicted molar refractivity (Wildman–Crippen MR) is 110 cm³/mol. The Balaban J connectivity index is 1.46. The number of sulfone groups is 1. The summed E-state index contributed by atoms with van der Waals surface area (Å²) in [5, 5.41) is 0. The summed E-state index contributed by atoms with van der Waals surface area (Å²) in [5.41, 5.74) is 0.707. The van der Waals surface area contributed by atoms with Crippen molar-refractivity contribution in [3.8, 4) is 0 Å². The fourth-order valence-electron chi connectivity index (χ4n) is 5.74. The first-order chi connectivity index (χ1) is 14.0. The molecule has 3 aliphatic rings. The summed E-state index contributed by atoms with van der Waals surface area (Å²) in [5.74, 6) is -0.450. The van der Waals surface area contributed by atoms with Crippen LogP contribution < -0.4 is 0 Å². The highest BCUT2D eigenvalue weighted by Crippen LogP contribution is 2.72. The van der Waals surface area contributed by atoms with Gasteiger partial charge in [-0.2, -0.15) is 0 Å². The van der Waals surface area contributed by atoms with Crippen molar-refractivity contribution in [2.75, 3.05) is 6.61 Å². The molecule has 0 bridgehead atoms. The van der Waals surface area contributed by atoms with Gasteiger partial charge in [0, 0.05) is 17.8 Å². The maximum absolute atomic E-state index is 13.7. The molecule has 3 aliphatic carbocycles. The zero-order valence-electron chi connectivity index (χ0n) is 16.2. The van der Waals surface area contributed by atoms with E-state index in [4.69, 9.17) is 4.74 Å². The minimum Gasteiger partial charge on any atom is -0.376 e. The largest absolute Gasteiger partial charge is 0.376 e. The van der Waals surface area contributed by atoms with Crippen LogP contribution in [0.25, 0.3) is 0 Å². The lowest BCUT2D eigenvalue weighted by Crippen LogP contribution is -2.45. The molecule has 0 spiro atoms. The summed E-state index contributed by atoms with van der Waals surface area (Å²) >= 11 is 0. The van der Waals surface area contributed by atoms with Crippen LogP contribution in [-0.4, -0.2) is 25.6 Å². The quantitative estimate of drug-likeness (QED) is 0.679. The average molecular weight is 409 g/mol. The Morgan fingerprint density at radius 3 is 2.41 bits per heavy atom. The minimum atomic E-state index is -3.75. The van der Waals surface area contributed by atoms with Crippen molar-refractivity contribution < 1.29 is 17.9 Å². The molecule has 0 aliphatic heterocycles. The van der Waals surface area contributed by atoms with Gasteiger partial charge in [0.15, 0.2) is 15.6 Å². The molecule has 2 aromatic carbocycles. The molecule has 0 aromatic heterocycles. The second-order valence-corrected chi connectivity index (χ2v) is 10.6. The number of benzene rings is 2. The second kappa shape index (κ2) is 6.64. The summed E-state index contributed by atoms with van der Waals surface area (Å²) in [7, 11) is -3.75. The van der Waals surface area contributed by atoms with E-state index in [0.717, 1.165) is 5.56 Å². The molecule has 0 unspecified atom stereocenters. The van der Waals surface area contributed by atoms with Gasteiger partial charge in [-0.1, -0.05) is 60.7 Å². The number of ketones is 1. The van der Waals surface area contributed by atoms with Crippen molar-refractivity contribution in [2.45, 2.75) is 35.5 Å². The monoisotopic (exact) mass is 408 g/mol. The number of hydrogen-bond donors (Lipinski definition) is 0. The van der Waals surface area contributed by atoms with E-state index < -0.39 is 14.6 Å². The third-order valence-electron chi connectivity index (χ3n) is 7.00. The van der Waals surface area contributed by atoms with E-state index in [0.29, 0.717) is 26.1 Å². The van der Waals surface area contributed by atoms with Crippen molar-refractivity contribution >= 4 is 15.6 Å². The van der Waals surface area contributed by atoms with Gasteiger partial charge in [0.2, 0.25) is 0 Å². The van der Waals surface area contributed by atoms with Gasteiger partial charge in [-0.15, -0.1) is 0 Å². The van der Waals surface area contributed by atoms with Crippen LogP contribution >= 0.6 is 0 Å². The van der Waals surface area contributed by atoms with Gasteiger partial charge < -0.3 is 4.74 Å². The smallest absolute Gasteiger partial charge is 0.191 e. The van der Waals surface area contributed by atoms with Gasteiger partial charge in [-0.05, 0) is 36.5 Å². The van der Waals surface area contributed by atoms with E-state index in [-0.39, 0.29) is 34.4 Å². The summed E-state index contributed by atoms with van der Waals surface area (Å²) in [6.07, 6.45) is 5.78. The fraction of sp³-hybridized carbons (Fsp3) is 0.375. The van der Waals surface area contributed by atoms with Gasteiger partial charge in [0.1, 0.15) is 4.75 Å². The van der Waals surface area contributed by atoms with Crippen LogP contribution in [0.4, 0.5) is 0 Å². The van der Waals surface area contributed by atoms with E-state index in [1.165, 1.54) is 0 Å². The first-order valence-electron chi connectivity index (χ1n) is 10.1. The molecule has 0 saturated heterocycles. The number of rotatable bonds is 6. The average Bonchev–Trinajstić information content (AvgIpc) is 3.46. The summed E-state index contributed by atoms with van der Waals surface area (Å²) < 4.78 is 32.1. The third kappa shape index (κ3) is 2.60. The topological polar surface area (TPSA) is 60.4 Å². The van der Waals surface area contributed by atoms with Gasteiger partial charge in [-0.25, -0.2) is 8.42 Å². The molecule has 2 aromatic rings. The van der Waals surface area contributed by atoms with E-state index >= 15 is 0 Å². The molecule has 0 N–H and O–H groups in total. The zero-order valence-corrected chi connectivity index (χ0v) is 17.0. The Kier molecular flexibility index (Phi) is 4.30. The molecule has 4 nitrogen and oxygen atoms in total. The molecule has 29 heavy (non-hydrogen) atoms. The molecule has 5 heteroatoms. The summed E-state index contributed by atoms with van der Waals surface area (Å²) in [4.78, 5) is 13.4. The Labute approximate surface area is 171 Å². The van der Waals surface area contributed by atoms with E-state index in [9.17, 15) is 13.2 Å². The number of hydrogen-bond acceptors (Lipinski definition) is 4. The lowest BCUT2D eigenvalue weighted by Gasteiger charge is -2.37. The second-order valence-electron chi connectivity index (χ2n) is 8.47. The number of carbonyl (C=O) groups is 1. The molecule has 4 atom stereocenters. The Hall–Kier alpha value is -2.24. The third-order valence-corrected chi connectivity index (χ3v) is 9.57. The zero-order chi connectivity index (χ0) is 20.1. The van der Waals surface area contributed by atoms with Crippen molar-refractivity contribution in [2.24, 2.45) is 17.3 Å². The van der Waals surface area contributed by atoms with Crippen molar-refractivity contribution in [1.29, 1.82) is 0 Å². The number of fused-ring (bicyclic) bond motifs is 1. The highest BCUT2D eigenvalue weighted by molar-refractivity contribution is 7.94. The van der Waals surface area contributed by atoms with Crippen LogP contribution in [0.15, 0.2) is 77.7 Å². The molecule has 0 radical (unpaired) electrons. The Morgan fingerprint density at radius 1 is 1.00 bits per heavy atom. The maximum Gasteiger partial charge on any atom is 0.191 e. The molecular formula is C24H24O4S. The van der Waals surface area contributed by atoms with Crippen molar-refractivity contribution in [1.82, 2.24) is 0 Å². The molecule has 2 saturated carbocycles. The van der Waals surface area contributed by atoms with E-state index in [2.05, 4.69) is 12.2 Å². The normalized spacial score (nSPS) is 32.6. The molecule has 150 valence electrons. The van der Waals surface area contributed by atoms with Crippen LogP contribution in [0.1, 0.15) is 24.8 Å². The van der Waals surface area contributed by atoms with Crippen LogP contribution in [0.3, 0.4) is 0 Å². The van der Waals surface area contributed by atoms with Crippen LogP contribution in [0.5, 0.6) is 0 Å². The van der Waals surface area contributed by atoms with Gasteiger partial charge >= 0.3 is 0 Å². The first-order valence-corrected chi connectivity index (χ1v) is 11.6. The lowest BCUT2D eigenvalue weighted by molar-refractivity contribution is -0.122. The standard InChI is InChI=1S/C24H24O4S/c25-21-13-15-23(17-28-16-18-8-3-1-4-9-18)14-7-12-20-22(23)24(20,21)29(26,27)19-10-5-2-6-11-19/h1-11,14,20,22H,12-13,15-17H2/t20-,22-,23-,24-/m0/s1. The number of Topliss-reactive ketones (excluding diaryl/α,β-unsaturated/α-hetero) is 1. The molecular weight excluding hydrogens is 384 g/mol. The summed E-state index contributed by atoms with van der Waals surface area (Å²) in [6, 6.07) is 18.4. The minimum absolute atomic E-state index is 0.112. The van der Waals surface area contributed by atoms with Crippen LogP contribution in [0, 0.1) is 17.3 Å². The predicted octanol–water partition coefficient (Wildman–Crippen LogP) is 3.97. The number of carbonyl (C=O) groups excluding carboxylic acids is 1.